The van der Waals surface area contributed by atoms with Crippen LogP contribution in [0.5, 0.6) is 0 Å². The first-order valence-electron chi connectivity index (χ1n) is 5.70. The van der Waals surface area contributed by atoms with Crippen molar-refractivity contribution in [2.75, 3.05) is 0 Å². The van der Waals surface area contributed by atoms with Gasteiger partial charge in [-0.25, -0.2) is 4.79 Å². The first-order valence-corrected chi connectivity index (χ1v) is 6.08. The lowest BCUT2D eigenvalue weighted by molar-refractivity contribution is -0.136. The predicted molar refractivity (Wildman–Crippen MR) is 71.4 cm³/mol. The summed E-state index contributed by atoms with van der Waals surface area (Å²) < 4.78 is 0.961. The fourth-order valence-electron chi connectivity index (χ4n) is 1.96. The minimum Gasteiger partial charge on any atom is -0.481 e. The Morgan fingerprint density at radius 3 is 2.45 bits per heavy atom. The Balaban J connectivity index is 2.59. The molecule has 0 atom stereocenters. The van der Waals surface area contributed by atoms with E-state index in [2.05, 4.69) is 0 Å². The van der Waals surface area contributed by atoms with Crippen LogP contribution in [0.3, 0.4) is 0 Å². The first-order chi connectivity index (χ1) is 9.41. The van der Waals surface area contributed by atoms with Crippen LogP contribution in [0.1, 0.15) is 28.1 Å². The highest BCUT2D eigenvalue weighted by atomic mass is 35.5. The predicted octanol–water partition coefficient (Wildman–Crippen LogP) is 2.50. The molecule has 0 amide bonds. The summed E-state index contributed by atoms with van der Waals surface area (Å²) in [6.07, 6.45) is -0.674. The molecule has 20 heavy (non-hydrogen) atoms. The van der Waals surface area contributed by atoms with Crippen LogP contribution in [0.4, 0.5) is 0 Å². The largest absolute Gasteiger partial charge is 0.481 e. The number of nitrogens with zero attached hydrogens (tertiary/aromatic N) is 1. The number of carboxylic acids is 2. The van der Waals surface area contributed by atoms with Gasteiger partial charge in [-0.05, 0) is 12.1 Å². The van der Waals surface area contributed by atoms with Crippen LogP contribution >= 0.6 is 11.6 Å². The van der Waals surface area contributed by atoms with Gasteiger partial charge in [0.15, 0.2) is 0 Å². The Morgan fingerprint density at radius 2 is 1.85 bits per heavy atom. The van der Waals surface area contributed by atoms with Gasteiger partial charge >= 0.3 is 11.9 Å². The van der Waals surface area contributed by atoms with E-state index in [1.54, 1.807) is 12.1 Å². The number of aromatic nitrogens is 1. The number of hydrogen-bond acceptors (Lipinski definition) is 3. The minimum absolute atomic E-state index is 0.233. The van der Waals surface area contributed by atoms with Gasteiger partial charge in [-0.15, -0.1) is 0 Å². The normalized spacial score (nSPS) is 10.7. The van der Waals surface area contributed by atoms with Crippen LogP contribution in [-0.2, 0) is 4.79 Å². The van der Waals surface area contributed by atoms with Gasteiger partial charge in [0.1, 0.15) is 5.69 Å². The fraction of sp³-hybridized carbons (Fsp3) is 0.154. The smallest absolute Gasteiger partial charge is 0.352 e. The molecule has 1 heterocycles. The summed E-state index contributed by atoms with van der Waals surface area (Å²) in [5.41, 5.74) is 0.0467. The molecular weight excluding hydrogens is 286 g/mol. The van der Waals surface area contributed by atoms with Crippen LogP contribution in [0, 0.1) is 0 Å². The maximum Gasteiger partial charge on any atom is 0.352 e. The molecule has 7 heteroatoms. The van der Waals surface area contributed by atoms with Gasteiger partial charge in [0.2, 0.25) is 5.91 Å². The Morgan fingerprint density at radius 1 is 1.15 bits per heavy atom. The molecule has 104 valence electrons. The highest BCUT2D eigenvalue weighted by Crippen LogP contribution is 2.27. The van der Waals surface area contributed by atoms with Crippen LogP contribution < -0.4 is 0 Å². The Kier molecular flexibility index (Phi) is 3.76. The lowest BCUT2D eigenvalue weighted by atomic mass is 10.2. The standard InChI is InChI=1S/C13H10ClNO5/c14-8-3-1-2-7-6-9(13(19)20)15(12(7)8)10(16)4-5-11(17)18/h1-3,6H,4-5H2,(H,17,18)(H,19,20). The molecule has 0 saturated carbocycles. The number of para-hydroxylation sites is 1. The van der Waals surface area contributed by atoms with E-state index in [-0.39, 0.29) is 29.1 Å². The third kappa shape index (κ3) is 2.50. The summed E-state index contributed by atoms with van der Waals surface area (Å²) in [7, 11) is 0. The molecule has 0 fully saturated rings. The van der Waals surface area contributed by atoms with E-state index in [0.717, 1.165) is 4.57 Å². The van der Waals surface area contributed by atoms with E-state index < -0.39 is 17.8 Å². The minimum atomic E-state index is -1.28. The van der Waals surface area contributed by atoms with Gasteiger partial charge in [0.05, 0.1) is 17.0 Å². The maximum absolute atomic E-state index is 12.1. The lowest BCUT2D eigenvalue weighted by Crippen LogP contribution is -2.17. The van der Waals surface area contributed by atoms with Gasteiger partial charge < -0.3 is 10.2 Å². The molecule has 0 saturated heterocycles. The van der Waals surface area contributed by atoms with E-state index in [4.69, 9.17) is 21.8 Å². The molecule has 0 aliphatic carbocycles. The van der Waals surface area contributed by atoms with E-state index in [9.17, 15) is 14.4 Å². The van der Waals surface area contributed by atoms with Crippen molar-refractivity contribution in [2.24, 2.45) is 0 Å². The number of aromatic carboxylic acids is 1. The molecule has 0 aliphatic heterocycles. The van der Waals surface area contributed by atoms with Crippen LogP contribution in [0.15, 0.2) is 24.3 Å². The lowest BCUT2D eigenvalue weighted by Gasteiger charge is -2.07. The summed E-state index contributed by atoms with van der Waals surface area (Å²) in [5, 5.41) is 18.5. The number of carbonyl (C=O) groups is 3. The molecule has 0 unspecified atom stereocenters. The third-order valence-corrected chi connectivity index (χ3v) is 3.10. The molecule has 2 aromatic rings. The molecule has 6 nitrogen and oxygen atoms in total. The topological polar surface area (TPSA) is 96.6 Å². The number of fused-ring (bicyclic) bond motifs is 1. The van der Waals surface area contributed by atoms with Gasteiger partial charge in [0.25, 0.3) is 0 Å². The first kappa shape index (κ1) is 14.1. The zero-order valence-electron chi connectivity index (χ0n) is 10.2. The van der Waals surface area contributed by atoms with Crippen molar-refractivity contribution in [2.45, 2.75) is 12.8 Å². The number of aliphatic carboxylic acids is 1. The fourth-order valence-corrected chi connectivity index (χ4v) is 2.23. The summed E-state index contributed by atoms with van der Waals surface area (Å²) in [5.74, 6) is -3.02. The monoisotopic (exact) mass is 295 g/mol. The van der Waals surface area contributed by atoms with Crippen molar-refractivity contribution in [1.82, 2.24) is 4.57 Å². The highest BCUT2D eigenvalue weighted by molar-refractivity contribution is 6.35. The van der Waals surface area contributed by atoms with Gasteiger partial charge in [-0.1, -0.05) is 23.7 Å². The van der Waals surface area contributed by atoms with E-state index >= 15 is 0 Å². The van der Waals surface area contributed by atoms with E-state index in [1.807, 2.05) is 0 Å². The molecule has 1 aromatic heterocycles. The van der Waals surface area contributed by atoms with Crippen molar-refractivity contribution in [3.8, 4) is 0 Å². The molecule has 2 N–H and O–H groups in total. The zero-order valence-corrected chi connectivity index (χ0v) is 10.9. The van der Waals surface area contributed by atoms with Crippen molar-refractivity contribution in [3.05, 3.63) is 35.0 Å². The van der Waals surface area contributed by atoms with Gasteiger partial charge in [0, 0.05) is 11.8 Å². The zero-order chi connectivity index (χ0) is 14.9. The second-order valence-corrected chi connectivity index (χ2v) is 4.54. The SMILES string of the molecule is O=C(O)CCC(=O)n1c(C(=O)O)cc2cccc(Cl)c21. The van der Waals surface area contributed by atoms with Crippen molar-refractivity contribution < 1.29 is 24.6 Å². The highest BCUT2D eigenvalue weighted by Gasteiger charge is 2.21. The van der Waals surface area contributed by atoms with Crippen LogP contribution in [0.25, 0.3) is 10.9 Å². The van der Waals surface area contributed by atoms with E-state index in [0.29, 0.717) is 5.39 Å². The third-order valence-electron chi connectivity index (χ3n) is 2.80. The molecule has 0 aliphatic rings. The number of benzene rings is 1. The van der Waals surface area contributed by atoms with Crippen LogP contribution in [0.2, 0.25) is 5.02 Å². The maximum atomic E-state index is 12.1. The average Bonchev–Trinajstić information content (AvgIpc) is 2.77. The van der Waals surface area contributed by atoms with Gasteiger partial charge in [-0.3, -0.25) is 14.2 Å². The summed E-state index contributed by atoms with van der Waals surface area (Å²) in [4.78, 5) is 33.8. The van der Waals surface area contributed by atoms with Gasteiger partial charge in [-0.2, -0.15) is 0 Å². The van der Waals surface area contributed by atoms with Crippen molar-refractivity contribution in [3.63, 3.8) is 0 Å². The number of rotatable bonds is 4. The molecule has 2 rings (SSSR count). The number of carbonyl (C=O) groups excluding carboxylic acids is 1. The van der Waals surface area contributed by atoms with E-state index in [1.165, 1.54) is 12.1 Å². The summed E-state index contributed by atoms with van der Waals surface area (Å²) >= 11 is 6.00. The number of halogens is 1. The Hall–Kier alpha value is -2.34. The summed E-state index contributed by atoms with van der Waals surface area (Å²) in [6.45, 7) is 0. The Labute approximate surface area is 118 Å². The Bertz CT molecular complexity index is 719. The van der Waals surface area contributed by atoms with Crippen LogP contribution in [-0.4, -0.2) is 32.6 Å². The number of carboxylic acid groups (broad SMARTS) is 2. The molecule has 0 bridgehead atoms. The second-order valence-electron chi connectivity index (χ2n) is 4.14. The molecular formula is C13H10ClNO5. The summed E-state index contributed by atoms with van der Waals surface area (Å²) in [6, 6.07) is 6.15. The average molecular weight is 296 g/mol. The second kappa shape index (κ2) is 5.34. The molecule has 0 radical (unpaired) electrons. The quantitative estimate of drug-likeness (QED) is 0.903. The molecule has 0 spiro atoms. The van der Waals surface area contributed by atoms with Crippen molar-refractivity contribution >= 4 is 40.3 Å². The number of hydrogen-bond donors (Lipinski definition) is 2. The van der Waals surface area contributed by atoms with Crippen molar-refractivity contribution in [1.29, 1.82) is 0 Å². The molecule has 1 aromatic carbocycles.